The predicted octanol–water partition coefficient (Wildman–Crippen LogP) is 5.37. The smallest absolute Gasteiger partial charge is 0.235 e. The van der Waals surface area contributed by atoms with E-state index >= 15 is 0 Å². The van der Waals surface area contributed by atoms with Gasteiger partial charge < -0.3 is 23.7 Å². The molecule has 0 fully saturated rings. The van der Waals surface area contributed by atoms with Crippen LogP contribution in [0.4, 0.5) is 0 Å². The van der Waals surface area contributed by atoms with Gasteiger partial charge in [0.25, 0.3) is 0 Å². The second-order valence-corrected chi connectivity index (χ2v) is 7.98. The monoisotopic (exact) mass is 530 g/mol. The zero-order valence-corrected chi connectivity index (χ0v) is 19.0. The fraction of sp³-hybridized carbons (Fsp3) is 0.125. The number of rotatable bonds is 6. The van der Waals surface area contributed by atoms with Crippen molar-refractivity contribution in [2.45, 2.75) is 6.61 Å². The third-order valence-corrected chi connectivity index (χ3v) is 5.45. The van der Waals surface area contributed by atoms with Gasteiger partial charge in [0, 0.05) is 9.13 Å². The topological polar surface area (TPSA) is 78.1 Å². The molecule has 7 heteroatoms. The molecule has 4 aromatic rings. The lowest BCUT2D eigenvalue weighted by atomic mass is 10.1. The largest absolute Gasteiger partial charge is 0.502 e. The highest BCUT2D eigenvalue weighted by atomic mass is 127. The molecule has 0 aliphatic heterocycles. The summed E-state index contributed by atoms with van der Waals surface area (Å²) in [6.45, 7) is 0.321. The molecule has 1 N–H and O–H groups in total. The van der Waals surface area contributed by atoms with Crippen molar-refractivity contribution in [2.24, 2.45) is 0 Å². The molecule has 31 heavy (non-hydrogen) atoms. The van der Waals surface area contributed by atoms with Gasteiger partial charge in [-0.1, -0.05) is 30.3 Å². The average molecular weight is 530 g/mol. The quantitative estimate of drug-likeness (QED) is 0.338. The molecule has 0 amide bonds. The average Bonchev–Trinajstić information content (AvgIpc) is 2.80. The fourth-order valence-corrected chi connectivity index (χ4v) is 3.73. The second-order valence-electron chi connectivity index (χ2n) is 6.73. The first-order chi connectivity index (χ1) is 15.0. The van der Waals surface area contributed by atoms with Crippen molar-refractivity contribution < 1.29 is 23.7 Å². The Balaban J connectivity index is 1.80. The summed E-state index contributed by atoms with van der Waals surface area (Å²) in [5, 5.41) is 10.9. The molecule has 0 unspecified atom stereocenters. The second kappa shape index (κ2) is 8.89. The molecule has 0 atom stereocenters. The highest BCUT2D eigenvalue weighted by molar-refractivity contribution is 14.1. The van der Waals surface area contributed by atoms with Gasteiger partial charge >= 0.3 is 0 Å². The molecule has 0 aliphatic rings. The van der Waals surface area contributed by atoms with Crippen LogP contribution < -0.4 is 19.6 Å². The van der Waals surface area contributed by atoms with Crippen molar-refractivity contribution in [3.63, 3.8) is 0 Å². The minimum atomic E-state index is -0.503. The van der Waals surface area contributed by atoms with Crippen LogP contribution in [0.2, 0.25) is 0 Å². The van der Waals surface area contributed by atoms with E-state index < -0.39 is 11.2 Å². The molecule has 158 valence electrons. The van der Waals surface area contributed by atoms with E-state index in [1.165, 1.54) is 14.2 Å². The van der Waals surface area contributed by atoms with Gasteiger partial charge in [0.05, 0.1) is 19.6 Å². The molecule has 0 saturated carbocycles. The molecule has 4 rings (SSSR count). The standard InChI is InChI=1S/C24H19IO6/c1-28-19-10-15(11-20(29-2)24(19)30-13-14-6-4-3-5-7-14)23-22(27)21(26)17-12-16(25)8-9-18(17)31-23/h3-12,27H,13H2,1-2H3. The maximum atomic E-state index is 12.7. The van der Waals surface area contributed by atoms with Crippen molar-refractivity contribution in [2.75, 3.05) is 14.2 Å². The Morgan fingerprint density at radius 1 is 0.968 bits per heavy atom. The van der Waals surface area contributed by atoms with Crippen LogP contribution in [0.15, 0.2) is 69.9 Å². The normalized spacial score (nSPS) is 10.8. The van der Waals surface area contributed by atoms with Crippen molar-refractivity contribution >= 4 is 33.6 Å². The van der Waals surface area contributed by atoms with Crippen molar-refractivity contribution in [1.29, 1.82) is 0 Å². The summed E-state index contributed by atoms with van der Waals surface area (Å²) >= 11 is 2.10. The van der Waals surface area contributed by atoms with Gasteiger partial charge in [0.1, 0.15) is 12.2 Å². The maximum absolute atomic E-state index is 12.7. The van der Waals surface area contributed by atoms with Crippen LogP contribution in [-0.4, -0.2) is 19.3 Å². The number of halogens is 1. The number of hydrogen-bond acceptors (Lipinski definition) is 6. The summed E-state index contributed by atoms with van der Waals surface area (Å²) < 4.78 is 23.7. The summed E-state index contributed by atoms with van der Waals surface area (Å²) in [7, 11) is 3.01. The highest BCUT2D eigenvalue weighted by Crippen LogP contribution is 2.43. The molecule has 1 heterocycles. The van der Waals surface area contributed by atoms with Crippen LogP contribution in [0.3, 0.4) is 0 Å². The zero-order chi connectivity index (χ0) is 22.0. The molecular formula is C24H19IO6. The number of methoxy groups -OCH3 is 2. The van der Waals surface area contributed by atoms with Crippen LogP contribution in [0.5, 0.6) is 23.0 Å². The Hall–Kier alpha value is -3.20. The highest BCUT2D eigenvalue weighted by Gasteiger charge is 2.21. The van der Waals surface area contributed by atoms with Crippen LogP contribution in [-0.2, 0) is 6.61 Å². The van der Waals surface area contributed by atoms with Gasteiger partial charge in [0.2, 0.25) is 16.9 Å². The predicted molar refractivity (Wildman–Crippen MR) is 126 cm³/mol. The first kappa shape index (κ1) is 21.0. The number of fused-ring (bicyclic) bond motifs is 1. The number of aromatic hydroxyl groups is 1. The Kier molecular flexibility index (Phi) is 6.03. The molecular weight excluding hydrogens is 511 g/mol. The number of hydrogen-bond donors (Lipinski definition) is 1. The third kappa shape index (κ3) is 4.18. The van der Waals surface area contributed by atoms with Gasteiger partial charge in [0.15, 0.2) is 17.3 Å². The van der Waals surface area contributed by atoms with Crippen molar-refractivity contribution in [1.82, 2.24) is 0 Å². The van der Waals surface area contributed by atoms with Crippen LogP contribution >= 0.6 is 22.6 Å². The minimum Gasteiger partial charge on any atom is -0.502 e. The molecule has 1 aromatic heterocycles. The summed E-state index contributed by atoms with van der Waals surface area (Å²) in [6, 6.07) is 18.2. The lowest BCUT2D eigenvalue weighted by molar-refractivity contribution is 0.266. The Morgan fingerprint density at radius 3 is 2.29 bits per heavy atom. The van der Waals surface area contributed by atoms with E-state index in [0.717, 1.165) is 9.13 Å². The lowest BCUT2D eigenvalue weighted by Crippen LogP contribution is -2.04. The van der Waals surface area contributed by atoms with E-state index in [4.69, 9.17) is 18.6 Å². The Morgan fingerprint density at radius 2 is 1.65 bits per heavy atom. The van der Waals surface area contributed by atoms with E-state index in [2.05, 4.69) is 22.6 Å². The summed E-state index contributed by atoms with van der Waals surface area (Å²) in [5.41, 5.74) is 1.29. The molecule has 0 bridgehead atoms. The van der Waals surface area contributed by atoms with Crippen LogP contribution in [0.1, 0.15) is 5.56 Å². The maximum Gasteiger partial charge on any atom is 0.235 e. The zero-order valence-electron chi connectivity index (χ0n) is 16.8. The third-order valence-electron chi connectivity index (χ3n) is 4.78. The van der Waals surface area contributed by atoms with Gasteiger partial charge in [-0.2, -0.15) is 0 Å². The van der Waals surface area contributed by atoms with Crippen LogP contribution in [0.25, 0.3) is 22.3 Å². The summed E-state index contributed by atoms with van der Waals surface area (Å²) in [5.74, 6) is 0.737. The Labute approximate surface area is 192 Å². The van der Waals surface area contributed by atoms with E-state index in [9.17, 15) is 9.90 Å². The van der Waals surface area contributed by atoms with Crippen molar-refractivity contribution in [3.8, 4) is 34.3 Å². The first-order valence-electron chi connectivity index (χ1n) is 9.40. The molecule has 0 saturated heterocycles. The summed E-state index contributed by atoms with van der Waals surface area (Å²) in [4.78, 5) is 12.7. The van der Waals surface area contributed by atoms with E-state index in [1.807, 2.05) is 36.4 Å². The SMILES string of the molecule is COc1cc(-c2oc3ccc(I)cc3c(=O)c2O)cc(OC)c1OCc1ccccc1. The summed E-state index contributed by atoms with van der Waals surface area (Å²) in [6.07, 6.45) is 0. The Bertz CT molecular complexity index is 1270. The molecule has 0 radical (unpaired) electrons. The molecule has 6 nitrogen and oxygen atoms in total. The molecule has 3 aromatic carbocycles. The van der Waals surface area contributed by atoms with E-state index in [0.29, 0.717) is 40.4 Å². The van der Waals surface area contributed by atoms with Crippen LogP contribution in [0, 0.1) is 3.57 Å². The first-order valence-corrected chi connectivity index (χ1v) is 10.5. The van der Waals surface area contributed by atoms with Gasteiger partial charge in [-0.3, -0.25) is 4.79 Å². The lowest BCUT2D eigenvalue weighted by Gasteiger charge is -2.16. The van der Waals surface area contributed by atoms with Crippen molar-refractivity contribution in [3.05, 3.63) is 80.0 Å². The fourth-order valence-electron chi connectivity index (χ4n) is 3.24. The molecule has 0 spiro atoms. The van der Waals surface area contributed by atoms with Gasteiger partial charge in [-0.25, -0.2) is 0 Å². The molecule has 0 aliphatic carbocycles. The van der Waals surface area contributed by atoms with E-state index in [1.54, 1.807) is 24.3 Å². The van der Waals surface area contributed by atoms with Gasteiger partial charge in [-0.05, 0) is 58.5 Å². The van der Waals surface area contributed by atoms with Gasteiger partial charge in [-0.15, -0.1) is 0 Å². The minimum absolute atomic E-state index is 0.0323. The number of ether oxygens (including phenoxy) is 3. The van der Waals surface area contributed by atoms with E-state index in [-0.39, 0.29) is 5.76 Å². The number of benzene rings is 3.